The molecule has 0 aromatic rings. The van der Waals surface area contributed by atoms with Crippen LogP contribution in [0.25, 0.3) is 0 Å². The zero-order valence-electron chi connectivity index (χ0n) is 30.3. The number of hydrogen-bond donors (Lipinski definition) is 8. The van der Waals surface area contributed by atoms with Crippen LogP contribution in [0.15, 0.2) is 36.5 Å². The fourth-order valence-corrected chi connectivity index (χ4v) is 4.92. The third-order valence-corrected chi connectivity index (χ3v) is 7.92. The number of unbranched alkanes of at least 4 members (excludes halogenated alkanes) is 11. The first-order valence-corrected chi connectivity index (χ1v) is 21.1. The molecule has 14 nitrogen and oxygen atoms in total. The van der Waals surface area contributed by atoms with Gasteiger partial charge in [0.2, 0.25) is 0 Å². The Morgan fingerprint density at radius 3 is 1.24 bits per heavy atom. The van der Waals surface area contributed by atoms with Gasteiger partial charge in [0.1, 0.15) is 12.2 Å². The Bertz CT molecular complexity index is 922. The molecule has 0 aliphatic heterocycles. The third kappa shape index (κ3) is 45.2. The van der Waals surface area contributed by atoms with Crippen LogP contribution < -0.4 is 0 Å². The van der Waals surface area contributed by atoms with Crippen LogP contribution >= 0.6 is 15.6 Å². The fraction of sp³-hybridized carbons (Fsp3) is 0.824. The number of phosphoric acid groups is 2. The van der Waals surface area contributed by atoms with Crippen molar-refractivity contribution in [2.45, 2.75) is 154 Å². The quantitative estimate of drug-likeness (QED) is 0.0158. The second-order valence-corrected chi connectivity index (χ2v) is 14.5. The van der Waals surface area contributed by atoms with Crippen LogP contribution in [0.3, 0.4) is 0 Å². The molecule has 0 heterocycles. The number of hydrogen-bond acceptors (Lipinski definition) is 10. The molecular formula is C34H68O14P2. The molecule has 0 fully saturated rings. The molecule has 2 unspecified atom stereocenters. The lowest BCUT2D eigenvalue weighted by Crippen LogP contribution is -2.25. The molecule has 4 atom stereocenters. The molecule has 16 heteroatoms. The van der Waals surface area contributed by atoms with Crippen LogP contribution in [0.4, 0.5) is 0 Å². The van der Waals surface area contributed by atoms with Crippen LogP contribution in [0.5, 0.6) is 0 Å². The van der Waals surface area contributed by atoms with E-state index >= 15 is 0 Å². The van der Waals surface area contributed by atoms with Crippen molar-refractivity contribution in [3.63, 3.8) is 0 Å². The minimum atomic E-state index is -4.60. The fourth-order valence-electron chi connectivity index (χ4n) is 4.19. The standard InChI is InChI=1S/C17H35O7P.C17H33O7P/c2*1-2-3-4-5-6-7-8-9-10-11-12-13-17(19)23-14-16(18)15-24-25(20,21)22/h9-10,16-19H,2-8,11-15H2,1H3,(H2,20,21,22);6-7,9-10,16-19H,2-5,8,11-15H2,1H3,(H2,20,21,22)/b10-9-;7-6-,10-9-/t2*16-,17?/m11/s1. The van der Waals surface area contributed by atoms with Crippen molar-refractivity contribution in [1.29, 1.82) is 0 Å². The van der Waals surface area contributed by atoms with E-state index in [1.54, 1.807) is 0 Å². The van der Waals surface area contributed by atoms with Crippen molar-refractivity contribution < 1.29 is 67.7 Å². The summed E-state index contributed by atoms with van der Waals surface area (Å²) in [5.74, 6) is 0. The van der Waals surface area contributed by atoms with Crippen LogP contribution in [0.2, 0.25) is 0 Å². The molecule has 0 bridgehead atoms. The summed E-state index contributed by atoms with van der Waals surface area (Å²) in [6.45, 7) is 2.82. The van der Waals surface area contributed by atoms with E-state index < -0.39 is 53.6 Å². The maximum atomic E-state index is 10.5. The van der Waals surface area contributed by atoms with Gasteiger partial charge in [0.05, 0.1) is 26.4 Å². The van der Waals surface area contributed by atoms with Gasteiger partial charge in [0.25, 0.3) is 0 Å². The highest BCUT2D eigenvalue weighted by Crippen LogP contribution is 2.36. The number of phosphoric ester groups is 2. The number of ether oxygens (including phenoxy) is 2. The molecule has 0 aromatic carbocycles. The summed E-state index contributed by atoms with van der Waals surface area (Å²) in [7, 11) is -9.19. The van der Waals surface area contributed by atoms with Gasteiger partial charge >= 0.3 is 15.6 Å². The van der Waals surface area contributed by atoms with Crippen molar-refractivity contribution in [3.05, 3.63) is 36.5 Å². The van der Waals surface area contributed by atoms with Crippen molar-refractivity contribution in [2.24, 2.45) is 0 Å². The van der Waals surface area contributed by atoms with E-state index in [1.165, 1.54) is 57.8 Å². The van der Waals surface area contributed by atoms with Gasteiger partial charge in [-0.3, -0.25) is 9.05 Å². The molecule has 0 amide bonds. The molecule has 8 N–H and O–H groups in total. The molecule has 0 radical (unpaired) electrons. The second-order valence-electron chi connectivity index (χ2n) is 12.0. The first kappa shape index (κ1) is 51.3. The Kier molecular flexibility index (Phi) is 36.2. The highest BCUT2D eigenvalue weighted by molar-refractivity contribution is 7.46. The summed E-state index contributed by atoms with van der Waals surface area (Å²) in [6.07, 6.45) is 27.1. The average Bonchev–Trinajstić information content (AvgIpc) is 3.05. The normalized spacial score (nSPS) is 15.1. The van der Waals surface area contributed by atoms with Crippen molar-refractivity contribution >= 4 is 15.6 Å². The van der Waals surface area contributed by atoms with Gasteiger partial charge in [-0.05, 0) is 70.6 Å². The van der Waals surface area contributed by atoms with Crippen molar-refractivity contribution in [1.82, 2.24) is 0 Å². The van der Waals surface area contributed by atoms with E-state index in [9.17, 15) is 29.6 Å². The Hall–Kier alpha value is -0.800. The van der Waals surface area contributed by atoms with E-state index in [0.29, 0.717) is 12.8 Å². The van der Waals surface area contributed by atoms with Gasteiger partial charge in [-0.2, -0.15) is 0 Å². The third-order valence-electron chi connectivity index (χ3n) is 6.95. The van der Waals surface area contributed by atoms with Gasteiger partial charge in [-0.15, -0.1) is 0 Å². The topological polar surface area (TPSA) is 233 Å². The molecule has 0 aliphatic carbocycles. The molecule has 0 aromatic heterocycles. The summed E-state index contributed by atoms with van der Waals surface area (Å²) >= 11 is 0. The van der Waals surface area contributed by atoms with E-state index in [-0.39, 0.29) is 13.2 Å². The van der Waals surface area contributed by atoms with Crippen molar-refractivity contribution in [3.8, 4) is 0 Å². The first-order chi connectivity index (χ1) is 23.7. The molecule has 0 saturated carbocycles. The van der Waals surface area contributed by atoms with E-state index in [0.717, 1.165) is 44.9 Å². The monoisotopic (exact) mass is 762 g/mol. The summed E-state index contributed by atoms with van der Waals surface area (Å²) in [4.78, 5) is 34.0. The Balaban J connectivity index is 0. The molecule has 50 heavy (non-hydrogen) atoms. The van der Waals surface area contributed by atoms with Gasteiger partial charge < -0.3 is 49.5 Å². The zero-order chi connectivity index (χ0) is 37.9. The second kappa shape index (κ2) is 35.2. The number of rotatable bonds is 33. The van der Waals surface area contributed by atoms with E-state index in [4.69, 9.17) is 29.0 Å². The summed E-state index contributed by atoms with van der Waals surface area (Å²) in [5.41, 5.74) is 0. The minimum absolute atomic E-state index is 0.241. The lowest BCUT2D eigenvalue weighted by atomic mass is 10.1. The van der Waals surface area contributed by atoms with Gasteiger partial charge in [-0.1, -0.05) is 95.2 Å². The van der Waals surface area contributed by atoms with Crippen molar-refractivity contribution in [2.75, 3.05) is 26.4 Å². The lowest BCUT2D eigenvalue weighted by molar-refractivity contribution is -0.129. The van der Waals surface area contributed by atoms with Crippen LogP contribution in [-0.2, 0) is 27.7 Å². The molecule has 298 valence electrons. The molecule has 0 aliphatic rings. The van der Waals surface area contributed by atoms with E-state index in [1.807, 2.05) is 0 Å². The highest BCUT2D eigenvalue weighted by atomic mass is 31.2. The maximum absolute atomic E-state index is 10.5. The smallest absolute Gasteiger partial charge is 0.388 e. The number of aliphatic hydroxyl groups excluding tert-OH is 4. The molecule has 0 spiro atoms. The van der Waals surface area contributed by atoms with Crippen LogP contribution in [0.1, 0.15) is 129 Å². The largest absolute Gasteiger partial charge is 0.469 e. The minimum Gasteiger partial charge on any atom is -0.388 e. The molecule has 0 rings (SSSR count). The van der Waals surface area contributed by atoms with Gasteiger partial charge in [-0.25, -0.2) is 9.13 Å². The summed E-state index contributed by atoms with van der Waals surface area (Å²) in [5, 5.41) is 38.0. The van der Waals surface area contributed by atoms with Gasteiger partial charge in [0.15, 0.2) is 12.6 Å². The summed E-state index contributed by atoms with van der Waals surface area (Å²) < 4.78 is 39.2. The number of allylic oxidation sites excluding steroid dienone is 6. The Labute approximate surface area is 300 Å². The molecular weight excluding hydrogens is 694 g/mol. The highest BCUT2D eigenvalue weighted by Gasteiger charge is 2.18. The van der Waals surface area contributed by atoms with Crippen LogP contribution in [-0.4, -0.2) is 91.2 Å². The van der Waals surface area contributed by atoms with E-state index in [2.05, 4.69) is 59.4 Å². The lowest BCUT2D eigenvalue weighted by Gasteiger charge is -2.15. The maximum Gasteiger partial charge on any atom is 0.469 e. The predicted molar refractivity (Wildman–Crippen MR) is 194 cm³/mol. The van der Waals surface area contributed by atoms with Gasteiger partial charge in [0, 0.05) is 0 Å². The first-order valence-electron chi connectivity index (χ1n) is 18.0. The SMILES string of the molecule is CCCCC/C=C\C/C=C\CCCC(O)OC[C@@H](O)COP(=O)(O)O.CCCCCCCC/C=C\CCCC(O)OC[C@@H](O)COP(=O)(O)O. The Morgan fingerprint density at radius 1 is 0.480 bits per heavy atom. The zero-order valence-corrected chi connectivity index (χ0v) is 32.0. The molecule has 0 saturated heterocycles. The Morgan fingerprint density at radius 2 is 0.820 bits per heavy atom. The average molecular weight is 763 g/mol. The van der Waals surface area contributed by atoms with Crippen LogP contribution in [0, 0.1) is 0 Å². The predicted octanol–water partition coefficient (Wildman–Crippen LogP) is 6.31. The number of aliphatic hydroxyl groups is 4. The summed E-state index contributed by atoms with van der Waals surface area (Å²) in [6, 6.07) is 0.